The van der Waals surface area contributed by atoms with Crippen LogP contribution in [0.15, 0.2) is 5.16 Å². The highest BCUT2D eigenvalue weighted by Gasteiger charge is 2.45. The van der Waals surface area contributed by atoms with Crippen molar-refractivity contribution in [3.8, 4) is 0 Å². The molecule has 0 unspecified atom stereocenters. The lowest BCUT2D eigenvalue weighted by molar-refractivity contribution is -0.124. The van der Waals surface area contributed by atoms with Gasteiger partial charge in [-0.2, -0.15) is 0 Å². The predicted molar refractivity (Wildman–Crippen MR) is 73.6 cm³/mol. The molecule has 0 bridgehead atoms. The largest absolute Gasteiger partial charge is 0.389 e. The van der Waals surface area contributed by atoms with Crippen molar-refractivity contribution in [2.24, 2.45) is 16.5 Å². The number of hydrogen-bond donors (Lipinski definition) is 1. The molecule has 2 aliphatic rings. The summed E-state index contributed by atoms with van der Waals surface area (Å²) in [5.41, 5.74) is 0.373. The maximum Gasteiger partial charge on any atom is 0.161 e. The Labute approximate surface area is 111 Å². The number of rotatable bonds is 2. The quantitative estimate of drug-likeness (QED) is 0.818. The average Bonchev–Trinajstić information content (AvgIpc) is 2.79. The summed E-state index contributed by atoms with van der Waals surface area (Å²) in [6.07, 6.45) is 6.64. The molecule has 3 heteroatoms. The smallest absolute Gasteiger partial charge is 0.161 e. The van der Waals surface area contributed by atoms with Crippen molar-refractivity contribution in [2.45, 2.75) is 77.9 Å². The molecular formula is C15H27NO2. The lowest BCUT2D eigenvalue weighted by Gasteiger charge is -2.38. The van der Waals surface area contributed by atoms with Gasteiger partial charge in [0.1, 0.15) is 5.60 Å². The summed E-state index contributed by atoms with van der Waals surface area (Å²) in [6, 6.07) is 0. The molecule has 0 radical (unpaired) electrons. The summed E-state index contributed by atoms with van der Waals surface area (Å²) in [5.74, 6) is 0.366. The minimum atomic E-state index is -0.739. The fourth-order valence-electron chi connectivity index (χ4n) is 3.08. The van der Waals surface area contributed by atoms with Crippen LogP contribution in [-0.2, 0) is 4.84 Å². The Morgan fingerprint density at radius 2 is 1.72 bits per heavy atom. The Kier molecular flexibility index (Phi) is 3.72. The first-order valence-electron chi connectivity index (χ1n) is 7.27. The highest BCUT2D eigenvalue weighted by molar-refractivity contribution is 5.90. The van der Waals surface area contributed by atoms with Gasteiger partial charge in [-0.05, 0) is 25.7 Å². The highest BCUT2D eigenvalue weighted by atomic mass is 16.7. The van der Waals surface area contributed by atoms with Gasteiger partial charge < -0.3 is 9.94 Å². The monoisotopic (exact) mass is 253 g/mol. The Bertz CT molecular complexity index is 322. The second-order valence-electron chi connectivity index (χ2n) is 7.15. The maximum atomic E-state index is 10.8. The Morgan fingerprint density at radius 1 is 1.11 bits per heavy atom. The molecule has 0 saturated heterocycles. The van der Waals surface area contributed by atoms with Gasteiger partial charge in [0, 0.05) is 11.8 Å². The van der Waals surface area contributed by atoms with E-state index in [4.69, 9.17) is 4.84 Å². The van der Waals surface area contributed by atoms with E-state index in [1.165, 1.54) is 19.3 Å². The fraction of sp³-hybridized carbons (Fsp3) is 0.933. The predicted octanol–water partition coefficient (Wildman–Crippen LogP) is 3.51. The molecule has 2 rings (SSSR count). The van der Waals surface area contributed by atoms with E-state index in [2.05, 4.69) is 25.9 Å². The molecule has 0 spiro atoms. The van der Waals surface area contributed by atoms with Crippen LogP contribution in [0, 0.1) is 11.3 Å². The first-order chi connectivity index (χ1) is 8.32. The van der Waals surface area contributed by atoms with E-state index in [-0.39, 0.29) is 11.5 Å². The van der Waals surface area contributed by atoms with Crippen LogP contribution in [0.2, 0.25) is 0 Å². The number of hydrogen-bond acceptors (Lipinski definition) is 3. The Balaban J connectivity index is 2.00. The van der Waals surface area contributed by atoms with E-state index in [1.54, 1.807) is 0 Å². The SMILES string of the molecule is CC(C)(C)C1=NO[C@H]([C@](C)(O)C2CCCCC2)C1. The van der Waals surface area contributed by atoms with Crippen molar-refractivity contribution < 1.29 is 9.94 Å². The van der Waals surface area contributed by atoms with Gasteiger partial charge >= 0.3 is 0 Å². The number of aliphatic hydroxyl groups is 1. The van der Waals surface area contributed by atoms with Gasteiger partial charge in [-0.3, -0.25) is 0 Å². The molecule has 1 fully saturated rings. The third-order valence-electron chi connectivity index (χ3n) is 4.62. The van der Waals surface area contributed by atoms with Gasteiger partial charge in [-0.1, -0.05) is 45.2 Å². The van der Waals surface area contributed by atoms with E-state index in [0.29, 0.717) is 5.92 Å². The van der Waals surface area contributed by atoms with E-state index in [9.17, 15) is 5.11 Å². The first-order valence-corrected chi connectivity index (χ1v) is 7.27. The molecule has 0 amide bonds. The average molecular weight is 253 g/mol. The summed E-state index contributed by atoms with van der Waals surface area (Å²) in [7, 11) is 0. The van der Waals surface area contributed by atoms with Crippen LogP contribution in [0.5, 0.6) is 0 Å². The van der Waals surface area contributed by atoms with Crippen molar-refractivity contribution in [3.05, 3.63) is 0 Å². The number of oxime groups is 1. The Hall–Kier alpha value is -0.570. The number of nitrogens with zero attached hydrogens (tertiary/aromatic N) is 1. The van der Waals surface area contributed by atoms with Crippen molar-refractivity contribution in [3.63, 3.8) is 0 Å². The first kappa shape index (κ1) is 13.9. The van der Waals surface area contributed by atoms with Crippen LogP contribution in [0.3, 0.4) is 0 Å². The van der Waals surface area contributed by atoms with Crippen LogP contribution in [0.1, 0.15) is 66.2 Å². The summed E-state index contributed by atoms with van der Waals surface area (Å²) in [4.78, 5) is 5.55. The highest BCUT2D eigenvalue weighted by Crippen LogP contribution is 2.39. The summed E-state index contributed by atoms with van der Waals surface area (Å²) in [5, 5.41) is 15.0. The molecule has 3 nitrogen and oxygen atoms in total. The maximum absolute atomic E-state index is 10.8. The zero-order valence-corrected chi connectivity index (χ0v) is 12.2. The molecule has 18 heavy (non-hydrogen) atoms. The second-order valence-corrected chi connectivity index (χ2v) is 7.15. The van der Waals surface area contributed by atoms with Crippen molar-refractivity contribution in [1.82, 2.24) is 0 Å². The zero-order chi connectivity index (χ0) is 13.4. The van der Waals surface area contributed by atoms with Gasteiger partial charge in [0.15, 0.2) is 6.10 Å². The van der Waals surface area contributed by atoms with Crippen molar-refractivity contribution in [1.29, 1.82) is 0 Å². The van der Waals surface area contributed by atoms with Crippen molar-refractivity contribution >= 4 is 5.71 Å². The second kappa shape index (κ2) is 4.84. The minimum Gasteiger partial charge on any atom is -0.389 e. The van der Waals surface area contributed by atoms with Crippen LogP contribution >= 0.6 is 0 Å². The molecule has 1 aliphatic heterocycles. The summed E-state index contributed by atoms with van der Waals surface area (Å²) < 4.78 is 0. The fourth-order valence-corrected chi connectivity index (χ4v) is 3.08. The van der Waals surface area contributed by atoms with Gasteiger partial charge in [0.25, 0.3) is 0 Å². The molecule has 0 aromatic carbocycles. The third-order valence-corrected chi connectivity index (χ3v) is 4.62. The molecule has 0 aromatic heterocycles. The van der Waals surface area contributed by atoms with E-state index in [0.717, 1.165) is 25.0 Å². The van der Waals surface area contributed by atoms with Crippen molar-refractivity contribution in [2.75, 3.05) is 0 Å². The summed E-state index contributed by atoms with van der Waals surface area (Å²) in [6.45, 7) is 8.38. The zero-order valence-electron chi connectivity index (χ0n) is 12.2. The standard InChI is InChI=1S/C15H27NO2/c1-14(2,3)12-10-13(18-16-12)15(4,17)11-8-6-5-7-9-11/h11,13,17H,5-10H2,1-4H3/t13-,15+/m0/s1. The van der Waals surface area contributed by atoms with Crippen LogP contribution in [0.4, 0.5) is 0 Å². The molecule has 1 N–H and O–H groups in total. The molecule has 0 aromatic rings. The van der Waals surface area contributed by atoms with Gasteiger partial charge in [0.2, 0.25) is 0 Å². The van der Waals surface area contributed by atoms with E-state index >= 15 is 0 Å². The third kappa shape index (κ3) is 2.71. The topological polar surface area (TPSA) is 41.8 Å². The minimum absolute atomic E-state index is 0.0391. The van der Waals surface area contributed by atoms with Crippen LogP contribution < -0.4 is 0 Å². The van der Waals surface area contributed by atoms with E-state index in [1.807, 2.05) is 6.92 Å². The molecule has 1 saturated carbocycles. The molecule has 1 aliphatic carbocycles. The lowest BCUT2D eigenvalue weighted by atomic mass is 9.73. The van der Waals surface area contributed by atoms with Gasteiger partial charge in [-0.15, -0.1) is 0 Å². The van der Waals surface area contributed by atoms with Gasteiger partial charge in [-0.25, -0.2) is 0 Å². The molecular weight excluding hydrogens is 226 g/mol. The van der Waals surface area contributed by atoms with Gasteiger partial charge in [0.05, 0.1) is 5.71 Å². The molecule has 2 atom stereocenters. The summed E-state index contributed by atoms with van der Waals surface area (Å²) >= 11 is 0. The molecule has 104 valence electrons. The Morgan fingerprint density at radius 3 is 2.22 bits per heavy atom. The lowest BCUT2D eigenvalue weighted by Crippen LogP contribution is -2.47. The van der Waals surface area contributed by atoms with Crippen LogP contribution in [-0.4, -0.2) is 22.5 Å². The normalized spacial score (nSPS) is 29.6. The van der Waals surface area contributed by atoms with E-state index < -0.39 is 5.60 Å². The van der Waals surface area contributed by atoms with Crippen LogP contribution in [0.25, 0.3) is 0 Å². The molecule has 1 heterocycles.